The lowest BCUT2D eigenvalue weighted by Crippen LogP contribution is -2.64. The molecule has 1 saturated carbocycles. The van der Waals surface area contributed by atoms with Crippen molar-refractivity contribution in [2.24, 2.45) is 0 Å². The minimum absolute atomic E-state index is 0.0989. The van der Waals surface area contributed by atoms with Crippen LogP contribution in [0.5, 0.6) is 0 Å². The van der Waals surface area contributed by atoms with E-state index in [-0.39, 0.29) is 12.8 Å². The Morgan fingerprint density at radius 3 is 1.23 bits per heavy atom. The molecule has 0 bridgehead atoms. The fourth-order valence-corrected chi connectivity index (χ4v) is 8.79. The molecular formula is C48H91O13P. The van der Waals surface area contributed by atoms with E-state index < -0.39 is 75.7 Å². The van der Waals surface area contributed by atoms with Gasteiger partial charge in [0.1, 0.15) is 43.2 Å². The molecule has 366 valence electrons. The number of ether oxygens (including phenoxy) is 2. The Bertz CT molecular complexity index is 1140. The summed E-state index contributed by atoms with van der Waals surface area (Å²) in [7, 11) is -5.11. The summed E-state index contributed by atoms with van der Waals surface area (Å²) in [4.78, 5) is 35.7. The Balaban J connectivity index is 2.38. The van der Waals surface area contributed by atoms with Gasteiger partial charge in [-0.2, -0.15) is 0 Å². The van der Waals surface area contributed by atoms with Gasteiger partial charge < -0.3 is 39.9 Å². The molecule has 0 amide bonds. The van der Waals surface area contributed by atoms with Gasteiger partial charge in [0, 0.05) is 12.8 Å². The number of allylic oxidation sites excluding steroid dienone is 2. The van der Waals surface area contributed by atoms with Crippen molar-refractivity contribution in [1.29, 1.82) is 0 Å². The molecule has 1 rings (SSSR count). The van der Waals surface area contributed by atoms with Crippen molar-refractivity contribution in [1.82, 2.24) is 0 Å². The second kappa shape index (κ2) is 38.8. The molecule has 14 heteroatoms. The van der Waals surface area contributed by atoms with Gasteiger partial charge in [-0.05, 0) is 38.5 Å². The Morgan fingerprint density at radius 2 is 0.823 bits per heavy atom. The molecule has 0 radical (unpaired) electrons. The standard InChI is InChI=1S/C48H91O13P/c1-3-5-7-9-11-13-15-17-18-19-20-21-22-23-24-25-27-29-31-33-35-37-42(50)60-40(38-58-41(49)36-34-32-30-28-26-16-14-12-10-8-6-4-2)39-59-62(56,57)61-48-46(54)44(52)43(51)45(53)47(48)55/h19-20,40,43-48,51-55H,3-18,21-39H2,1-2H3,(H,56,57)/b20-19-. The second-order valence-corrected chi connectivity index (χ2v) is 19.1. The summed E-state index contributed by atoms with van der Waals surface area (Å²) >= 11 is 0. The van der Waals surface area contributed by atoms with Crippen LogP contribution in [0.1, 0.15) is 226 Å². The smallest absolute Gasteiger partial charge is 0.462 e. The predicted octanol–water partition coefficient (Wildman–Crippen LogP) is 10.2. The molecule has 6 N–H and O–H groups in total. The molecule has 0 aromatic rings. The first-order valence-corrected chi connectivity index (χ1v) is 26.5. The third-order valence-electron chi connectivity index (χ3n) is 11.9. The van der Waals surface area contributed by atoms with Crippen LogP contribution >= 0.6 is 7.82 Å². The largest absolute Gasteiger partial charge is 0.472 e. The van der Waals surface area contributed by atoms with Crippen LogP contribution in [0.25, 0.3) is 0 Å². The molecule has 62 heavy (non-hydrogen) atoms. The minimum Gasteiger partial charge on any atom is -0.462 e. The zero-order chi connectivity index (χ0) is 45.7. The molecule has 6 atom stereocenters. The number of phosphoric ester groups is 1. The van der Waals surface area contributed by atoms with Crippen LogP contribution in [0.4, 0.5) is 0 Å². The first kappa shape index (κ1) is 58.6. The maximum atomic E-state index is 12.8. The molecule has 0 aliphatic heterocycles. The van der Waals surface area contributed by atoms with Gasteiger partial charge in [-0.1, -0.05) is 187 Å². The van der Waals surface area contributed by atoms with E-state index in [0.717, 1.165) is 51.4 Å². The van der Waals surface area contributed by atoms with Crippen molar-refractivity contribution < 1.29 is 63.1 Å². The van der Waals surface area contributed by atoms with Crippen molar-refractivity contribution >= 4 is 19.8 Å². The summed E-state index contributed by atoms with van der Waals surface area (Å²) < 4.78 is 33.6. The summed E-state index contributed by atoms with van der Waals surface area (Å²) in [6.07, 6.45) is 28.4. The SMILES string of the molecule is CCCCCCCCCC/C=C\CCCCCCCCCCCC(=O)OC(COC(=O)CCCCCCCCCCCCCC)COP(=O)(O)OC1C(O)C(O)C(O)C(O)C1O. The highest BCUT2D eigenvalue weighted by Crippen LogP contribution is 2.47. The van der Waals surface area contributed by atoms with E-state index in [1.54, 1.807) is 0 Å². The zero-order valence-corrected chi connectivity index (χ0v) is 39.8. The number of hydrogen-bond donors (Lipinski definition) is 6. The number of phosphoric acid groups is 1. The van der Waals surface area contributed by atoms with Gasteiger partial charge in [0.25, 0.3) is 0 Å². The summed E-state index contributed by atoms with van der Waals surface area (Å²) in [5.74, 6) is -1.09. The molecule has 1 aliphatic carbocycles. The number of unbranched alkanes of at least 4 members (excludes halogenated alkanes) is 28. The fraction of sp³-hybridized carbons (Fsp3) is 0.917. The van der Waals surface area contributed by atoms with Gasteiger partial charge >= 0.3 is 19.8 Å². The highest BCUT2D eigenvalue weighted by molar-refractivity contribution is 7.47. The van der Waals surface area contributed by atoms with Gasteiger partial charge in [-0.3, -0.25) is 18.6 Å². The lowest BCUT2D eigenvalue weighted by molar-refractivity contribution is -0.220. The molecular weight excluding hydrogens is 815 g/mol. The quantitative estimate of drug-likeness (QED) is 0.0146. The Morgan fingerprint density at radius 1 is 0.484 bits per heavy atom. The van der Waals surface area contributed by atoms with E-state index in [0.29, 0.717) is 12.8 Å². The van der Waals surface area contributed by atoms with E-state index in [9.17, 15) is 44.6 Å². The van der Waals surface area contributed by atoms with E-state index in [1.807, 2.05) is 0 Å². The van der Waals surface area contributed by atoms with Crippen LogP contribution in [0.15, 0.2) is 12.2 Å². The number of carbonyl (C=O) groups excluding carboxylic acids is 2. The summed E-state index contributed by atoms with van der Waals surface area (Å²) in [6, 6.07) is 0. The number of hydrogen-bond acceptors (Lipinski definition) is 12. The van der Waals surface area contributed by atoms with E-state index in [2.05, 4.69) is 26.0 Å². The number of carbonyl (C=O) groups is 2. The normalized spacial score (nSPS) is 21.9. The van der Waals surface area contributed by atoms with E-state index >= 15 is 0 Å². The van der Waals surface area contributed by atoms with Crippen molar-refractivity contribution in [2.75, 3.05) is 13.2 Å². The maximum absolute atomic E-state index is 12.8. The maximum Gasteiger partial charge on any atom is 0.472 e. The van der Waals surface area contributed by atoms with E-state index in [1.165, 1.54) is 135 Å². The third kappa shape index (κ3) is 30.7. The zero-order valence-electron chi connectivity index (χ0n) is 38.9. The van der Waals surface area contributed by atoms with Crippen LogP contribution in [-0.2, 0) is 32.7 Å². The van der Waals surface area contributed by atoms with Gasteiger partial charge in [0.15, 0.2) is 6.10 Å². The lowest BCUT2D eigenvalue weighted by Gasteiger charge is -2.41. The van der Waals surface area contributed by atoms with Crippen molar-refractivity contribution in [2.45, 2.75) is 268 Å². The van der Waals surface area contributed by atoms with E-state index in [4.69, 9.17) is 18.5 Å². The molecule has 1 aliphatic rings. The Labute approximate surface area is 375 Å². The molecule has 1 fully saturated rings. The highest BCUT2D eigenvalue weighted by atomic mass is 31.2. The highest BCUT2D eigenvalue weighted by Gasteiger charge is 2.51. The van der Waals surface area contributed by atoms with Gasteiger partial charge in [0.2, 0.25) is 0 Å². The topological polar surface area (TPSA) is 210 Å². The number of aliphatic hydroxyl groups excluding tert-OH is 5. The fourth-order valence-electron chi connectivity index (χ4n) is 7.81. The first-order chi connectivity index (χ1) is 29.9. The van der Waals surface area contributed by atoms with Crippen molar-refractivity contribution in [3.63, 3.8) is 0 Å². The van der Waals surface area contributed by atoms with Crippen molar-refractivity contribution in [3.8, 4) is 0 Å². The predicted molar refractivity (Wildman–Crippen MR) is 244 cm³/mol. The molecule has 0 saturated heterocycles. The second-order valence-electron chi connectivity index (χ2n) is 17.7. The number of aliphatic hydroxyl groups is 5. The molecule has 0 spiro atoms. The minimum atomic E-state index is -5.11. The molecule has 13 nitrogen and oxygen atoms in total. The lowest BCUT2D eigenvalue weighted by atomic mass is 9.85. The van der Waals surface area contributed by atoms with Crippen LogP contribution < -0.4 is 0 Å². The van der Waals surface area contributed by atoms with Gasteiger partial charge in [0.05, 0.1) is 6.61 Å². The van der Waals surface area contributed by atoms with Crippen molar-refractivity contribution in [3.05, 3.63) is 12.2 Å². The summed E-state index contributed by atoms with van der Waals surface area (Å²) in [5, 5.41) is 50.2. The molecule has 0 heterocycles. The monoisotopic (exact) mass is 907 g/mol. The molecule has 0 aromatic carbocycles. The third-order valence-corrected chi connectivity index (χ3v) is 12.8. The Hall–Kier alpha value is -1.41. The van der Waals surface area contributed by atoms with Crippen LogP contribution in [0.3, 0.4) is 0 Å². The molecule has 6 unspecified atom stereocenters. The summed E-state index contributed by atoms with van der Waals surface area (Å²) in [5.41, 5.74) is 0. The van der Waals surface area contributed by atoms with Crippen LogP contribution in [0, 0.1) is 0 Å². The average molecular weight is 907 g/mol. The van der Waals surface area contributed by atoms with Crippen LogP contribution in [0.2, 0.25) is 0 Å². The van der Waals surface area contributed by atoms with Crippen LogP contribution in [-0.4, -0.2) is 98.3 Å². The summed E-state index contributed by atoms with van der Waals surface area (Å²) in [6.45, 7) is 3.32. The number of esters is 2. The Kier molecular flexibility index (Phi) is 36.7. The van der Waals surface area contributed by atoms with Gasteiger partial charge in [-0.25, -0.2) is 4.57 Å². The number of rotatable bonds is 42. The average Bonchev–Trinajstić information content (AvgIpc) is 3.25. The first-order valence-electron chi connectivity index (χ1n) is 25.0. The van der Waals surface area contributed by atoms with Gasteiger partial charge in [-0.15, -0.1) is 0 Å². The molecule has 0 aromatic heterocycles.